The van der Waals surface area contributed by atoms with E-state index in [2.05, 4.69) is 4.98 Å². The molecule has 0 amide bonds. The minimum atomic E-state index is -4.10. The maximum Gasteiger partial charge on any atom is 0.364 e. The van der Waals surface area contributed by atoms with Crippen molar-refractivity contribution in [1.82, 2.24) is 4.98 Å². The predicted octanol–water partition coefficient (Wildman–Crippen LogP) is 3.07. The molecule has 0 saturated heterocycles. The average molecular weight is 351 g/mol. The number of pyridine rings is 1. The van der Waals surface area contributed by atoms with Gasteiger partial charge in [-0.25, -0.2) is 0 Å². The highest BCUT2D eigenvalue weighted by molar-refractivity contribution is 7.61. The second-order valence-electron chi connectivity index (χ2n) is 5.32. The number of H-pyrrole nitrogens is 1. The van der Waals surface area contributed by atoms with E-state index in [-0.39, 0.29) is 11.9 Å². The third kappa shape index (κ3) is 4.57. The van der Waals surface area contributed by atoms with Crippen LogP contribution >= 0.6 is 7.60 Å². The Hall–Kier alpha value is -1.88. The average Bonchev–Trinajstić information content (AvgIpc) is 2.58. The summed E-state index contributed by atoms with van der Waals surface area (Å²) in [4.78, 5) is 24.7. The highest BCUT2D eigenvalue weighted by atomic mass is 31.2. The SMILES string of the molecule is CCCOc1cccc(-c2ccc(P(=O)(O)OCCC)c(=O)[nH]2)c1. The summed E-state index contributed by atoms with van der Waals surface area (Å²) in [5.41, 5.74) is 0.671. The van der Waals surface area contributed by atoms with Gasteiger partial charge >= 0.3 is 7.60 Å². The highest BCUT2D eigenvalue weighted by Gasteiger charge is 2.26. The summed E-state index contributed by atoms with van der Waals surface area (Å²) in [5.74, 6) is 0.707. The summed E-state index contributed by atoms with van der Waals surface area (Å²) in [6.45, 7) is 4.57. The van der Waals surface area contributed by atoms with Crippen LogP contribution in [0.1, 0.15) is 26.7 Å². The summed E-state index contributed by atoms with van der Waals surface area (Å²) in [7, 11) is -4.10. The molecule has 0 saturated carbocycles. The van der Waals surface area contributed by atoms with Gasteiger partial charge in [0.15, 0.2) is 0 Å². The van der Waals surface area contributed by atoms with E-state index in [0.717, 1.165) is 12.0 Å². The lowest BCUT2D eigenvalue weighted by Gasteiger charge is -2.12. The smallest absolute Gasteiger partial charge is 0.364 e. The van der Waals surface area contributed by atoms with Crippen molar-refractivity contribution < 1.29 is 18.7 Å². The molecule has 0 aliphatic carbocycles. The molecule has 0 fully saturated rings. The minimum absolute atomic E-state index is 0.117. The Morgan fingerprint density at radius 3 is 2.54 bits per heavy atom. The molecular weight excluding hydrogens is 329 g/mol. The first-order valence-electron chi connectivity index (χ1n) is 7.92. The van der Waals surface area contributed by atoms with E-state index in [1.54, 1.807) is 6.07 Å². The third-order valence-corrected chi connectivity index (χ3v) is 4.78. The maximum atomic E-state index is 12.2. The molecule has 0 bridgehead atoms. The van der Waals surface area contributed by atoms with E-state index in [0.29, 0.717) is 24.5 Å². The van der Waals surface area contributed by atoms with Gasteiger partial charge in [0.1, 0.15) is 11.1 Å². The fourth-order valence-corrected chi connectivity index (χ4v) is 3.26. The van der Waals surface area contributed by atoms with Crippen molar-refractivity contribution in [2.75, 3.05) is 13.2 Å². The quantitative estimate of drug-likeness (QED) is 0.714. The summed E-state index contributed by atoms with van der Waals surface area (Å²) in [6, 6.07) is 10.2. The van der Waals surface area contributed by atoms with E-state index in [1.165, 1.54) is 6.07 Å². The van der Waals surface area contributed by atoms with Gasteiger partial charge in [-0.2, -0.15) is 0 Å². The van der Waals surface area contributed by atoms with Gasteiger partial charge in [-0.15, -0.1) is 0 Å². The molecule has 24 heavy (non-hydrogen) atoms. The number of hydrogen-bond acceptors (Lipinski definition) is 4. The Balaban J connectivity index is 2.30. The molecule has 0 spiro atoms. The van der Waals surface area contributed by atoms with Crippen molar-refractivity contribution in [2.24, 2.45) is 0 Å². The molecule has 1 heterocycles. The zero-order chi connectivity index (χ0) is 17.6. The van der Waals surface area contributed by atoms with Crippen LogP contribution in [0.15, 0.2) is 41.2 Å². The van der Waals surface area contributed by atoms with E-state index in [9.17, 15) is 14.3 Å². The molecule has 7 heteroatoms. The van der Waals surface area contributed by atoms with E-state index in [1.807, 2.05) is 38.1 Å². The number of nitrogens with one attached hydrogen (secondary N) is 1. The third-order valence-electron chi connectivity index (χ3n) is 3.28. The van der Waals surface area contributed by atoms with Crippen LogP contribution in [0, 0.1) is 0 Å². The zero-order valence-electron chi connectivity index (χ0n) is 13.8. The van der Waals surface area contributed by atoms with Crippen molar-refractivity contribution in [3.8, 4) is 17.0 Å². The van der Waals surface area contributed by atoms with Crippen molar-refractivity contribution in [3.63, 3.8) is 0 Å². The molecule has 1 unspecified atom stereocenters. The number of benzene rings is 1. The molecular formula is C17H22NO5P. The van der Waals surface area contributed by atoms with Crippen LogP contribution < -0.4 is 15.6 Å². The zero-order valence-corrected chi connectivity index (χ0v) is 14.7. The van der Waals surface area contributed by atoms with Crippen LogP contribution in [-0.2, 0) is 9.09 Å². The number of rotatable bonds is 8. The number of ether oxygens (including phenoxy) is 1. The van der Waals surface area contributed by atoms with Crippen molar-refractivity contribution >= 4 is 12.9 Å². The van der Waals surface area contributed by atoms with Crippen LogP contribution in [0.3, 0.4) is 0 Å². The largest absolute Gasteiger partial charge is 0.494 e. The van der Waals surface area contributed by atoms with Crippen LogP contribution in [0.25, 0.3) is 11.3 Å². The summed E-state index contributed by atoms with van der Waals surface area (Å²) >= 11 is 0. The Labute approximate surface area is 141 Å². The fourth-order valence-electron chi connectivity index (χ4n) is 2.11. The lowest BCUT2D eigenvalue weighted by atomic mass is 10.1. The standard InChI is InChI=1S/C17H22NO5P/c1-3-10-22-14-7-5-6-13(12-14)15-8-9-16(17(19)18-15)24(20,21)23-11-4-2/h5-9,12H,3-4,10-11H2,1-2H3,(H,18,19)(H,20,21). The molecule has 6 nitrogen and oxygen atoms in total. The molecule has 1 aromatic carbocycles. The van der Waals surface area contributed by atoms with Gasteiger partial charge in [-0.05, 0) is 37.1 Å². The lowest BCUT2D eigenvalue weighted by molar-refractivity contribution is 0.269. The monoisotopic (exact) mass is 351 g/mol. The fraction of sp³-hybridized carbons (Fsp3) is 0.353. The van der Waals surface area contributed by atoms with Gasteiger partial charge in [-0.3, -0.25) is 9.36 Å². The Morgan fingerprint density at radius 1 is 1.12 bits per heavy atom. The molecule has 0 aliphatic heterocycles. The van der Waals surface area contributed by atoms with E-state index >= 15 is 0 Å². The summed E-state index contributed by atoms with van der Waals surface area (Å²) in [6.07, 6.45) is 1.49. The molecule has 1 aromatic heterocycles. The number of hydrogen-bond donors (Lipinski definition) is 2. The lowest BCUT2D eigenvalue weighted by Crippen LogP contribution is -2.28. The molecule has 130 valence electrons. The second-order valence-corrected chi connectivity index (χ2v) is 7.10. The molecule has 1 atom stereocenters. The summed E-state index contributed by atoms with van der Waals surface area (Å²) in [5, 5.41) is -0.252. The second kappa shape index (κ2) is 8.29. The van der Waals surface area contributed by atoms with Gasteiger partial charge in [0.05, 0.1) is 13.2 Å². The Bertz CT molecular complexity index is 787. The molecule has 2 aromatic rings. The summed E-state index contributed by atoms with van der Waals surface area (Å²) < 4.78 is 22.6. The van der Waals surface area contributed by atoms with Crippen LogP contribution in [-0.4, -0.2) is 23.1 Å². The van der Waals surface area contributed by atoms with Gasteiger partial charge in [-0.1, -0.05) is 26.0 Å². The van der Waals surface area contributed by atoms with Crippen LogP contribution in [0.2, 0.25) is 0 Å². The Kier molecular flexibility index (Phi) is 6.37. The molecule has 0 aliphatic rings. The first-order valence-corrected chi connectivity index (χ1v) is 9.50. The molecule has 2 N–H and O–H groups in total. The van der Waals surface area contributed by atoms with Crippen LogP contribution in [0.4, 0.5) is 0 Å². The predicted molar refractivity (Wildman–Crippen MR) is 94.0 cm³/mol. The molecule has 0 radical (unpaired) electrons. The van der Waals surface area contributed by atoms with E-state index < -0.39 is 13.2 Å². The first kappa shape index (κ1) is 18.5. The van der Waals surface area contributed by atoms with Gasteiger partial charge in [0.25, 0.3) is 5.56 Å². The van der Waals surface area contributed by atoms with E-state index in [4.69, 9.17) is 9.26 Å². The van der Waals surface area contributed by atoms with Crippen molar-refractivity contribution in [1.29, 1.82) is 0 Å². The molecule has 2 rings (SSSR count). The maximum absolute atomic E-state index is 12.2. The topological polar surface area (TPSA) is 88.6 Å². The Morgan fingerprint density at radius 2 is 1.88 bits per heavy atom. The minimum Gasteiger partial charge on any atom is -0.494 e. The number of aromatic nitrogens is 1. The van der Waals surface area contributed by atoms with Crippen molar-refractivity contribution in [3.05, 3.63) is 46.8 Å². The first-order chi connectivity index (χ1) is 11.5. The van der Waals surface area contributed by atoms with Crippen molar-refractivity contribution in [2.45, 2.75) is 26.7 Å². The van der Waals surface area contributed by atoms with Gasteiger partial charge in [0.2, 0.25) is 0 Å². The van der Waals surface area contributed by atoms with Gasteiger partial charge < -0.3 is 19.1 Å². The normalized spacial score (nSPS) is 13.5. The number of aromatic amines is 1. The van der Waals surface area contributed by atoms with Crippen LogP contribution in [0.5, 0.6) is 5.75 Å². The van der Waals surface area contributed by atoms with Gasteiger partial charge in [0, 0.05) is 11.3 Å². The highest BCUT2D eigenvalue weighted by Crippen LogP contribution is 2.39.